The van der Waals surface area contributed by atoms with Crippen molar-refractivity contribution in [3.8, 4) is 5.75 Å². The van der Waals surface area contributed by atoms with Gasteiger partial charge in [-0.1, -0.05) is 31.4 Å². The highest BCUT2D eigenvalue weighted by atomic mass is 19.1. The Morgan fingerprint density at radius 2 is 2.00 bits per heavy atom. The van der Waals surface area contributed by atoms with Crippen molar-refractivity contribution >= 4 is 0 Å². The Kier molecular flexibility index (Phi) is 4.77. The molecule has 2 rings (SSSR count). The number of aliphatic hydroxyl groups is 1. The summed E-state index contributed by atoms with van der Waals surface area (Å²) in [4.78, 5) is 0. The molecule has 106 valence electrons. The van der Waals surface area contributed by atoms with Gasteiger partial charge in [-0.2, -0.15) is 0 Å². The topological polar surface area (TPSA) is 55.5 Å². The van der Waals surface area contributed by atoms with Gasteiger partial charge in [0.15, 0.2) is 11.6 Å². The van der Waals surface area contributed by atoms with Crippen LogP contribution >= 0.6 is 0 Å². The summed E-state index contributed by atoms with van der Waals surface area (Å²) in [7, 11) is 1.42. The molecule has 0 spiro atoms. The van der Waals surface area contributed by atoms with Crippen LogP contribution < -0.4 is 10.5 Å². The van der Waals surface area contributed by atoms with Gasteiger partial charge in [0.2, 0.25) is 0 Å². The van der Waals surface area contributed by atoms with Crippen LogP contribution in [0.2, 0.25) is 0 Å². The molecule has 3 nitrogen and oxygen atoms in total. The summed E-state index contributed by atoms with van der Waals surface area (Å²) < 4.78 is 19.1. The van der Waals surface area contributed by atoms with Crippen molar-refractivity contribution in [3.63, 3.8) is 0 Å². The van der Waals surface area contributed by atoms with Gasteiger partial charge in [-0.25, -0.2) is 4.39 Å². The number of methoxy groups -OCH3 is 1. The van der Waals surface area contributed by atoms with Crippen LogP contribution in [0.3, 0.4) is 0 Å². The molecule has 1 aliphatic rings. The molecule has 0 bridgehead atoms. The number of hydrogen-bond acceptors (Lipinski definition) is 3. The minimum atomic E-state index is -0.696. The van der Waals surface area contributed by atoms with E-state index in [4.69, 9.17) is 10.5 Å². The first-order valence-corrected chi connectivity index (χ1v) is 6.91. The lowest BCUT2D eigenvalue weighted by Gasteiger charge is -2.30. The number of aliphatic hydroxyl groups excluding tert-OH is 1. The van der Waals surface area contributed by atoms with Crippen molar-refractivity contribution in [2.24, 2.45) is 11.7 Å². The third-order valence-electron chi connectivity index (χ3n) is 4.07. The van der Waals surface area contributed by atoms with E-state index in [-0.39, 0.29) is 11.7 Å². The lowest BCUT2D eigenvalue weighted by atomic mass is 9.81. The summed E-state index contributed by atoms with van der Waals surface area (Å²) in [5.41, 5.74) is 6.38. The van der Waals surface area contributed by atoms with E-state index in [1.165, 1.54) is 13.5 Å². The van der Waals surface area contributed by atoms with Gasteiger partial charge in [0.25, 0.3) is 0 Å². The minimum Gasteiger partial charge on any atom is -0.494 e. The molecule has 0 radical (unpaired) electrons. The maximum atomic E-state index is 14.1. The van der Waals surface area contributed by atoms with Crippen molar-refractivity contribution in [3.05, 3.63) is 29.6 Å². The van der Waals surface area contributed by atoms with Gasteiger partial charge in [-0.05, 0) is 24.8 Å². The number of ether oxygens (including phenoxy) is 1. The molecule has 0 unspecified atom stereocenters. The Balaban J connectivity index is 2.16. The average molecular weight is 267 g/mol. The number of nitrogens with two attached hydrogens (primary N) is 1. The molecule has 1 saturated carbocycles. The second-order valence-electron chi connectivity index (χ2n) is 5.28. The first-order chi connectivity index (χ1) is 9.15. The monoisotopic (exact) mass is 267 g/mol. The fourth-order valence-electron chi connectivity index (χ4n) is 2.90. The lowest BCUT2D eigenvalue weighted by molar-refractivity contribution is 0.0606. The first-order valence-electron chi connectivity index (χ1n) is 6.91. The normalized spacial score (nSPS) is 20.0. The molecule has 0 aliphatic heterocycles. The van der Waals surface area contributed by atoms with E-state index < -0.39 is 18.0 Å². The van der Waals surface area contributed by atoms with Crippen LogP contribution in [0.5, 0.6) is 5.75 Å². The largest absolute Gasteiger partial charge is 0.494 e. The quantitative estimate of drug-likeness (QED) is 0.882. The van der Waals surface area contributed by atoms with E-state index in [2.05, 4.69) is 0 Å². The first kappa shape index (κ1) is 14.3. The molecule has 1 aromatic carbocycles. The standard InChI is InChI=1S/C15H22FNO2/c1-19-12-9-5-8-11(13(12)16)14(17)15(18)10-6-3-2-4-7-10/h5,8-10,14-15,18H,2-4,6-7,17H2,1H3/t14-,15+/m1/s1. The van der Waals surface area contributed by atoms with Crippen molar-refractivity contribution < 1.29 is 14.2 Å². The number of benzene rings is 1. The van der Waals surface area contributed by atoms with Gasteiger partial charge in [0, 0.05) is 5.56 Å². The Bertz CT molecular complexity index is 419. The molecule has 1 aliphatic carbocycles. The Labute approximate surface area is 113 Å². The van der Waals surface area contributed by atoms with E-state index in [0.717, 1.165) is 25.7 Å². The summed E-state index contributed by atoms with van der Waals surface area (Å²) in [6.45, 7) is 0. The molecule has 0 heterocycles. The third kappa shape index (κ3) is 3.07. The average Bonchev–Trinajstić information content (AvgIpc) is 2.47. The molecule has 1 fully saturated rings. The summed E-state index contributed by atoms with van der Waals surface area (Å²) in [6.07, 6.45) is 4.71. The van der Waals surface area contributed by atoms with Crippen LogP contribution in [0, 0.1) is 11.7 Å². The second kappa shape index (κ2) is 6.35. The predicted octanol–water partition coefficient (Wildman–Crippen LogP) is 2.78. The van der Waals surface area contributed by atoms with Crippen molar-refractivity contribution in [1.29, 1.82) is 0 Å². The maximum Gasteiger partial charge on any atom is 0.169 e. The van der Waals surface area contributed by atoms with Crippen LogP contribution in [0.25, 0.3) is 0 Å². The van der Waals surface area contributed by atoms with Gasteiger partial charge >= 0.3 is 0 Å². The smallest absolute Gasteiger partial charge is 0.169 e. The molecular weight excluding hydrogens is 245 g/mol. The highest BCUT2D eigenvalue weighted by Gasteiger charge is 2.29. The van der Waals surface area contributed by atoms with Crippen LogP contribution in [0.15, 0.2) is 18.2 Å². The van der Waals surface area contributed by atoms with Gasteiger partial charge in [-0.3, -0.25) is 0 Å². The summed E-state index contributed by atoms with van der Waals surface area (Å²) in [6, 6.07) is 4.18. The van der Waals surface area contributed by atoms with Gasteiger partial charge in [-0.15, -0.1) is 0 Å². The zero-order chi connectivity index (χ0) is 13.8. The molecular formula is C15H22FNO2. The van der Waals surface area contributed by atoms with Crippen LogP contribution in [-0.2, 0) is 0 Å². The summed E-state index contributed by atoms with van der Waals surface area (Å²) in [5.74, 6) is -0.120. The summed E-state index contributed by atoms with van der Waals surface area (Å²) >= 11 is 0. The van der Waals surface area contributed by atoms with Crippen molar-refractivity contribution in [2.45, 2.75) is 44.2 Å². The maximum absolute atomic E-state index is 14.1. The lowest BCUT2D eigenvalue weighted by Crippen LogP contribution is -2.34. The number of halogens is 1. The van der Waals surface area contributed by atoms with Crippen LogP contribution in [0.4, 0.5) is 4.39 Å². The van der Waals surface area contributed by atoms with Crippen molar-refractivity contribution in [2.75, 3.05) is 7.11 Å². The van der Waals surface area contributed by atoms with E-state index >= 15 is 0 Å². The molecule has 1 aromatic rings. The molecule has 3 N–H and O–H groups in total. The number of hydrogen-bond donors (Lipinski definition) is 2. The Morgan fingerprint density at radius 1 is 1.32 bits per heavy atom. The minimum absolute atomic E-state index is 0.170. The van der Waals surface area contributed by atoms with E-state index in [9.17, 15) is 9.50 Å². The molecule has 0 aromatic heterocycles. The highest BCUT2D eigenvalue weighted by molar-refractivity contribution is 5.33. The van der Waals surface area contributed by atoms with E-state index in [1.54, 1.807) is 18.2 Å². The predicted molar refractivity (Wildman–Crippen MR) is 72.5 cm³/mol. The van der Waals surface area contributed by atoms with Crippen LogP contribution in [-0.4, -0.2) is 18.3 Å². The fraction of sp³-hybridized carbons (Fsp3) is 0.600. The molecule has 2 atom stereocenters. The molecule has 0 saturated heterocycles. The zero-order valence-electron chi connectivity index (χ0n) is 11.3. The molecule has 4 heteroatoms. The fourth-order valence-corrected chi connectivity index (χ4v) is 2.90. The molecule has 19 heavy (non-hydrogen) atoms. The summed E-state index contributed by atoms with van der Waals surface area (Å²) in [5, 5.41) is 10.4. The van der Waals surface area contributed by atoms with Gasteiger partial charge < -0.3 is 15.6 Å². The van der Waals surface area contributed by atoms with Gasteiger partial charge in [0.05, 0.1) is 19.3 Å². The van der Waals surface area contributed by atoms with Crippen LogP contribution in [0.1, 0.15) is 43.7 Å². The van der Waals surface area contributed by atoms with E-state index in [0.29, 0.717) is 5.56 Å². The number of rotatable bonds is 4. The van der Waals surface area contributed by atoms with Crippen molar-refractivity contribution in [1.82, 2.24) is 0 Å². The second-order valence-corrected chi connectivity index (χ2v) is 5.28. The third-order valence-corrected chi connectivity index (χ3v) is 4.07. The zero-order valence-corrected chi connectivity index (χ0v) is 11.3. The van der Waals surface area contributed by atoms with Gasteiger partial charge in [0.1, 0.15) is 0 Å². The molecule has 0 amide bonds. The Hall–Kier alpha value is -1.13. The highest BCUT2D eigenvalue weighted by Crippen LogP contribution is 2.33. The SMILES string of the molecule is COc1cccc([C@@H](N)[C@@H](O)C2CCCCC2)c1F. The Morgan fingerprint density at radius 3 is 2.63 bits per heavy atom. The van der Waals surface area contributed by atoms with E-state index in [1.807, 2.05) is 0 Å².